The number of aromatic amines is 1. The standard InChI is InChI=1S/C20H21BrN2.ClH/c1-13(14-6-3-2-4-7-14)22-18-9-5-8-17-16-11-10-15(21)12-19(16)23-20(17)18;/h2-4,6-7,10-13,18,22-23H,5,8-9H2,1H3;1H/t13-,18-;/m1./s1. The van der Waals surface area contributed by atoms with Gasteiger partial charge in [-0.05, 0) is 49.4 Å². The third-order valence-electron chi connectivity index (χ3n) is 4.92. The molecule has 0 bridgehead atoms. The molecule has 0 amide bonds. The van der Waals surface area contributed by atoms with E-state index in [1.165, 1.54) is 47.0 Å². The Morgan fingerprint density at radius 1 is 1.17 bits per heavy atom. The Bertz CT molecular complexity index is 828. The Kier molecular flexibility index (Phi) is 5.33. The molecule has 24 heavy (non-hydrogen) atoms. The van der Waals surface area contributed by atoms with E-state index in [0.29, 0.717) is 12.1 Å². The molecular formula is C20H22BrClN2. The Balaban J connectivity index is 0.00000169. The minimum absolute atomic E-state index is 0. The molecule has 2 atom stereocenters. The van der Waals surface area contributed by atoms with E-state index < -0.39 is 0 Å². The van der Waals surface area contributed by atoms with Gasteiger partial charge >= 0.3 is 0 Å². The predicted octanol–water partition coefficient (Wildman–Crippen LogP) is 6.08. The lowest BCUT2D eigenvalue weighted by Gasteiger charge is -2.27. The van der Waals surface area contributed by atoms with Gasteiger partial charge in [0.05, 0.1) is 0 Å². The average molecular weight is 406 g/mol. The summed E-state index contributed by atoms with van der Waals surface area (Å²) in [5.41, 5.74) is 5.47. The third-order valence-corrected chi connectivity index (χ3v) is 5.41. The van der Waals surface area contributed by atoms with Crippen molar-refractivity contribution in [2.45, 2.75) is 38.3 Å². The fourth-order valence-electron chi connectivity index (χ4n) is 3.75. The molecule has 0 fully saturated rings. The van der Waals surface area contributed by atoms with Gasteiger partial charge in [-0.2, -0.15) is 0 Å². The normalized spacial score (nSPS) is 18.0. The van der Waals surface area contributed by atoms with Crippen LogP contribution in [0.4, 0.5) is 0 Å². The predicted molar refractivity (Wildman–Crippen MR) is 107 cm³/mol. The lowest BCUT2D eigenvalue weighted by Crippen LogP contribution is -2.27. The first-order valence-electron chi connectivity index (χ1n) is 8.33. The summed E-state index contributed by atoms with van der Waals surface area (Å²) in [5, 5.41) is 5.20. The second kappa shape index (κ2) is 7.30. The van der Waals surface area contributed by atoms with Crippen LogP contribution in [0.15, 0.2) is 53.0 Å². The molecule has 0 spiro atoms. The molecule has 0 radical (unpaired) electrons. The van der Waals surface area contributed by atoms with Gasteiger partial charge in [0.25, 0.3) is 0 Å². The molecule has 0 unspecified atom stereocenters. The van der Waals surface area contributed by atoms with Crippen LogP contribution >= 0.6 is 28.3 Å². The zero-order valence-electron chi connectivity index (χ0n) is 13.7. The summed E-state index contributed by atoms with van der Waals surface area (Å²) in [4.78, 5) is 3.67. The molecule has 2 nitrogen and oxygen atoms in total. The number of H-pyrrole nitrogens is 1. The molecule has 3 aromatic rings. The van der Waals surface area contributed by atoms with Crippen molar-refractivity contribution < 1.29 is 0 Å². The number of nitrogens with one attached hydrogen (secondary N) is 2. The number of aryl methyl sites for hydroxylation is 1. The quantitative estimate of drug-likeness (QED) is 0.543. The number of hydrogen-bond acceptors (Lipinski definition) is 1. The van der Waals surface area contributed by atoms with Crippen LogP contribution in [0.5, 0.6) is 0 Å². The maximum Gasteiger partial charge on any atom is 0.0480 e. The molecule has 2 N–H and O–H groups in total. The molecule has 4 rings (SSSR count). The van der Waals surface area contributed by atoms with E-state index in [9.17, 15) is 0 Å². The van der Waals surface area contributed by atoms with Gasteiger partial charge < -0.3 is 10.3 Å². The van der Waals surface area contributed by atoms with Crippen LogP contribution < -0.4 is 5.32 Å². The van der Waals surface area contributed by atoms with Crippen molar-refractivity contribution in [2.24, 2.45) is 0 Å². The van der Waals surface area contributed by atoms with Gasteiger partial charge in [-0.15, -0.1) is 12.4 Å². The maximum absolute atomic E-state index is 3.82. The highest BCUT2D eigenvalue weighted by Gasteiger charge is 2.25. The molecule has 0 saturated heterocycles. The summed E-state index contributed by atoms with van der Waals surface area (Å²) < 4.78 is 1.13. The first-order valence-corrected chi connectivity index (χ1v) is 9.12. The van der Waals surface area contributed by atoms with Crippen molar-refractivity contribution in [1.29, 1.82) is 0 Å². The fourth-order valence-corrected chi connectivity index (χ4v) is 4.11. The van der Waals surface area contributed by atoms with Crippen LogP contribution in [0, 0.1) is 0 Å². The summed E-state index contributed by atoms with van der Waals surface area (Å²) in [5.74, 6) is 0. The largest absolute Gasteiger partial charge is 0.357 e. The van der Waals surface area contributed by atoms with E-state index in [0.717, 1.165) is 4.47 Å². The number of benzene rings is 2. The molecule has 1 aliphatic rings. The van der Waals surface area contributed by atoms with Gasteiger partial charge in [0.1, 0.15) is 0 Å². The van der Waals surface area contributed by atoms with Gasteiger partial charge in [-0.25, -0.2) is 0 Å². The Labute approximate surface area is 157 Å². The first kappa shape index (κ1) is 17.5. The first-order chi connectivity index (χ1) is 11.2. The summed E-state index contributed by atoms with van der Waals surface area (Å²) in [6.07, 6.45) is 3.61. The number of aromatic nitrogens is 1. The number of fused-ring (bicyclic) bond motifs is 3. The van der Waals surface area contributed by atoms with Gasteiger partial charge in [-0.3, -0.25) is 0 Å². The van der Waals surface area contributed by atoms with Gasteiger partial charge in [0.2, 0.25) is 0 Å². The monoisotopic (exact) mass is 404 g/mol. The Hall–Kier alpha value is -1.29. The minimum Gasteiger partial charge on any atom is -0.357 e. The zero-order valence-corrected chi connectivity index (χ0v) is 16.1. The van der Waals surface area contributed by atoms with E-state index >= 15 is 0 Å². The topological polar surface area (TPSA) is 27.8 Å². The maximum atomic E-state index is 3.82. The van der Waals surface area contributed by atoms with Gasteiger partial charge in [0, 0.05) is 33.2 Å². The van der Waals surface area contributed by atoms with Crippen molar-refractivity contribution in [3.63, 3.8) is 0 Å². The van der Waals surface area contributed by atoms with Gasteiger partial charge in [-0.1, -0.05) is 52.3 Å². The molecule has 1 heterocycles. The number of rotatable bonds is 3. The molecule has 1 aromatic heterocycles. The second-order valence-corrected chi connectivity index (χ2v) is 7.37. The van der Waals surface area contributed by atoms with Crippen LogP contribution in [-0.2, 0) is 6.42 Å². The van der Waals surface area contributed by atoms with Crippen LogP contribution in [0.3, 0.4) is 0 Å². The smallest absolute Gasteiger partial charge is 0.0480 e. The summed E-state index contributed by atoms with van der Waals surface area (Å²) in [6.45, 7) is 2.25. The SMILES string of the molecule is C[C@@H](N[C@@H]1CCCc2c1[nH]c1cc(Br)ccc21)c1ccccc1.Cl. The van der Waals surface area contributed by atoms with Gasteiger partial charge in [0.15, 0.2) is 0 Å². The third kappa shape index (κ3) is 3.26. The zero-order chi connectivity index (χ0) is 15.8. The molecule has 126 valence electrons. The molecular weight excluding hydrogens is 384 g/mol. The van der Waals surface area contributed by atoms with E-state index in [2.05, 4.69) is 81.7 Å². The molecule has 0 saturated carbocycles. The highest BCUT2D eigenvalue weighted by atomic mass is 79.9. The van der Waals surface area contributed by atoms with Crippen LogP contribution in [0.1, 0.15) is 48.7 Å². The Morgan fingerprint density at radius 3 is 2.75 bits per heavy atom. The summed E-state index contributed by atoms with van der Waals surface area (Å²) >= 11 is 3.58. The number of hydrogen-bond donors (Lipinski definition) is 2. The lowest BCUT2D eigenvalue weighted by atomic mass is 9.91. The highest BCUT2D eigenvalue weighted by molar-refractivity contribution is 9.10. The second-order valence-electron chi connectivity index (χ2n) is 6.45. The average Bonchev–Trinajstić information content (AvgIpc) is 2.94. The fraction of sp³-hybridized carbons (Fsp3) is 0.300. The molecule has 0 aliphatic heterocycles. The lowest BCUT2D eigenvalue weighted by molar-refractivity contribution is 0.410. The van der Waals surface area contributed by atoms with Crippen LogP contribution in [0.2, 0.25) is 0 Å². The molecule has 2 aromatic carbocycles. The Morgan fingerprint density at radius 2 is 1.96 bits per heavy atom. The molecule has 4 heteroatoms. The van der Waals surface area contributed by atoms with E-state index in [1.54, 1.807) is 0 Å². The van der Waals surface area contributed by atoms with Crippen molar-refractivity contribution in [1.82, 2.24) is 10.3 Å². The summed E-state index contributed by atoms with van der Waals surface area (Å²) in [7, 11) is 0. The van der Waals surface area contributed by atoms with Crippen molar-refractivity contribution in [3.8, 4) is 0 Å². The van der Waals surface area contributed by atoms with Crippen molar-refractivity contribution in [2.75, 3.05) is 0 Å². The van der Waals surface area contributed by atoms with Crippen molar-refractivity contribution in [3.05, 3.63) is 69.8 Å². The van der Waals surface area contributed by atoms with Crippen molar-refractivity contribution >= 4 is 39.2 Å². The summed E-state index contributed by atoms with van der Waals surface area (Å²) in [6, 6.07) is 18.0. The highest BCUT2D eigenvalue weighted by Crippen LogP contribution is 2.36. The van der Waals surface area contributed by atoms with E-state index in [1.807, 2.05) is 0 Å². The van der Waals surface area contributed by atoms with E-state index in [-0.39, 0.29) is 12.4 Å². The molecule has 1 aliphatic carbocycles. The van der Waals surface area contributed by atoms with E-state index in [4.69, 9.17) is 0 Å². The number of halogens is 2. The van der Waals surface area contributed by atoms with Crippen LogP contribution in [0.25, 0.3) is 10.9 Å². The van der Waals surface area contributed by atoms with Crippen LogP contribution in [-0.4, -0.2) is 4.98 Å². The minimum atomic E-state index is 0.